The Hall–Kier alpha value is -1.98. The van der Waals surface area contributed by atoms with Crippen LogP contribution in [-0.2, 0) is 4.79 Å². The third kappa shape index (κ3) is 4.06. The molecule has 0 bridgehead atoms. The van der Waals surface area contributed by atoms with Gasteiger partial charge in [-0.25, -0.2) is 0 Å². The zero-order chi connectivity index (χ0) is 16.2. The molecular formula is C16H14Cl2N2O3. The summed E-state index contributed by atoms with van der Waals surface area (Å²) in [6.07, 6.45) is 3.32. The number of nitrogens with zero attached hydrogens (tertiary/aromatic N) is 2. The van der Waals surface area contributed by atoms with Crippen molar-refractivity contribution in [2.75, 3.05) is 19.7 Å². The lowest BCUT2D eigenvalue weighted by Crippen LogP contribution is -2.57. The Morgan fingerprint density at radius 3 is 2.83 bits per heavy atom. The van der Waals surface area contributed by atoms with Crippen molar-refractivity contribution < 1.29 is 14.3 Å². The number of pyridine rings is 1. The molecule has 0 N–H and O–H groups in total. The fourth-order valence-corrected chi connectivity index (χ4v) is 2.61. The van der Waals surface area contributed by atoms with Crippen molar-refractivity contribution in [2.45, 2.75) is 6.10 Å². The molecular weight excluding hydrogens is 339 g/mol. The van der Waals surface area contributed by atoms with E-state index in [2.05, 4.69) is 4.98 Å². The Morgan fingerprint density at radius 1 is 1.30 bits per heavy atom. The first-order valence-electron chi connectivity index (χ1n) is 7.04. The molecule has 2 aromatic rings. The number of benzene rings is 1. The van der Waals surface area contributed by atoms with Gasteiger partial charge in [0.2, 0.25) is 0 Å². The van der Waals surface area contributed by atoms with Gasteiger partial charge in [-0.2, -0.15) is 0 Å². The largest absolute Gasteiger partial charge is 0.485 e. The summed E-state index contributed by atoms with van der Waals surface area (Å²) in [4.78, 5) is 17.7. The third-order valence-electron chi connectivity index (χ3n) is 3.38. The van der Waals surface area contributed by atoms with Crippen LogP contribution in [0, 0.1) is 0 Å². The fourth-order valence-electron chi connectivity index (χ4n) is 2.15. The molecule has 1 aromatic carbocycles. The summed E-state index contributed by atoms with van der Waals surface area (Å²) in [6.45, 7) is 0.998. The molecule has 1 amide bonds. The van der Waals surface area contributed by atoms with E-state index < -0.39 is 0 Å². The Balaban J connectivity index is 1.44. The van der Waals surface area contributed by atoms with E-state index in [1.807, 2.05) is 6.07 Å². The summed E-state index contributed by atoms with van der Waals surface area (Å²) < 4.78 is 11.1. The Labute approximate surface area is 143 Å². The van der Waals surface area contributed by atoms with Crippen molar-refractivity contribution in [1.29, 1.82) is 0 Å². The van der Waals surface area contributed by atoms with Crippen LogP contribution in [-0.4, -0.2) is 41.6 Å². The summed E-state index contributed by atoms with van der Waals surface area (Å²) in [7, 11) is 0. The molecule has 0 saturated carbocycles. The van der Waals surface area contributed by atoms with E-state index in [0.717, 1.165) is 0 Å². The summed E-state index contributed by atoms with van der Waals surface area (Å²) in [6, 6.07) is 8.52. The molecule has 5 nitrogen and oxygen atoms in total. The Morgan fingerprint density at radius 2 is 2.13 bits per heavy atom. The van der Waals surface area contributed by atoms with Crippen LogP contribution in [0.2, 0.25) is 10.0 Å². The third-order valence-corrected chi connectivity index (χ3v) is 3.91. The van der Waals surface area contributed by atoms with Crippen LogP contribution in [0.25, 0.3) is 0 Å². The van der Waals surface area contributed by atoms with Gasteiger partial charge in [0.05, 0.1) is 24.3 Å². The summed E-state index contributed by atoms with van der Waals surface area (Å²) in [5.74, 6) is 1.03. The normalized spacial score (nSPS) is 14.3. The molecule has 0 aliphatic carbocycles. The number of hydrogen-bond acceptors (Lipinski definition) is 4. The molecule has 0 spiro atoms. The number of aromatic nitrogens is 1. The molecule has 1 saturated heterocycles. The highest BCUT2D eigenvalue weighted by molar-refractivity contribution is 6.35. The monoisotopic (exact) mass is 352 g/mol. The van der Waals surface area contributed by atoms with Crippen LogP contribution in [0.15, 0.2) is 42.7 Å². The zero-order valence-electron chi connectivity index (χ0n) is 12.1. The van der Waals surface area contributed by atoms with E-state index in [0.29, 0.717) is 34.6 Å². The molecule has 1 aromatic heterocycles. The molecule has 7 heteroatoms. The number of hydrogen-bond donors (Lipinski definition) is 0. The fraction of sp³-hybridized carbons (Fsp3) is 0.250. The van der Waals surface area contributed by atoms with E-state index in [1.165, 1.54) is 0 Å². The minimum Gasteiger partial charge on any atom is -0.485 e. The van der Waals surface area contributed by atoms with Crippen LogP contribution in [0.1, 0.15) is 0 Å². The highest BCUT2D eigenvalue weighted by Gasteiger charge is 2.32. The predicted molar refractivity (Wildman–Crippen MR) is 87.2 cm³/mol. The molecule has 3 rings (SSSR count). The molecule has 120 valence electrons. The lowest BCUT2D eigenvalue weighted by atomic mass is 10.1. The minimum absolute atomic E-state index is 0.0118. The lowest BCUT2D eigenvalue weighted by molar-refractivity contribution is -0.142. The van der Waals surface area contributed by atoms with Gasteiger partial charge in [0.1, 0.15) is 17.6 Å². The number of amides is 1. The maximum absolute atomic E-state index is 12.0. The summed E-state index contributed by atoms with van der Waals surface area (Å²) >= 11 is 11.8. The number of rotatable bonds is 5. The number of likely N-dealkylation sites (tertiary alicyclic amines) is 1. The van der Waals surface area contributed by atoms with Crippen molar-refractivity contribution in [1.82, 2.24) is 9.88 Å². The van der Waals surface area contributed by atoms with Crippen LogP contribution < -0.4 is 9.47 Å². The summed E-state index contributed by atoms with van der Waals surface area (Å²) in [5.41, 5.74) is 0. The van der Waals surface area contributed by atoms with Crippen LogP contribution in [0.5, 0.6) is 11.5 Å². The second-order valence-electron chi connectivity index (χ2n) is 5.09. The van der Waals surface area contributed by atoms with Gasteiger partial charge in [-0.05, 0) is 30.3 Å². The maximum atomic E-state index is 12.0. The van der Waals surface area contributed by atoms with Gasteiger partial charge in [0, 0.05) is 11.2 Å². The molecule has 0 atom stereocenters. The van der Waals surface area contributed by atoms with Crippen molar-refractivity contribution >= 4 is 29.1 Å². The first kappa shape index (κ1) is 15.9. The minimum atomic E-state index is -0.109. The first-order chi connectivity index (χ1) is 11.1. The standard InChI is InChI=1S/C16H14Cl2N2O3/c17-11-3-4-15(14(18)6-11)22-10-16(21)20-8-13(9-20)23-12-2-1-5-19-7-12/h1-7,13H,8-10H2. The van der Waals surface area contributed by atoms with Gasteiger partial charge in [-0.3, -0.25) is 9.78 Å². The second-order valence-corrected chi connectivity index (χ2v) is 5.93. The lowest BCUT2D eigenvalue weighted by Gasteiger charge is -2.38. The first-order valence-corrected chi connectivity index (χ1v) is 7.80. The highest BCUT2D eigenvalue weighted by Crippen LogP contribution is 2.27. The highest BCUT2D eigenvalue weighted by atomic mass is 35.5. The average molecular weight is 353 g/mol. The van der Waals surface area contributed by atoms with Crippen molar-refractivity contribution in [3.8, 4) is 11.5 Å². The smallest absolute Gasteiger partial charge is 0.260 e. The molecule has 1 aliphatic heterocycles. The van der Waals surface area contributed by atoms with Crippen LogP contribution in [0.3, 0.4) is 0 Å². The summed E-state index contributed by atoms with van der Waals surface area (Å²) in [5, 5.41) is 0.901. The maximum Gasteiger partial charge on any atom is 0.260 e. The van der Waals surface area contributed by atoms with Crippen LogP contribution in [0.4, 0.5) is 0 Å². The van der Waals surface area contributed by atoms with Gasteiger partial charge in [0.15, 0.2) is 6.61 Å². The molecule has 0 radical (unpaired) electrons. The topological polar surface area (TPSA) is 51.7 Å². The molecule has 2 heterocycles. The van der Waals surface area contributed by atoms with Gasteiger partial charge < -0.3 is 14.4 Å². The van der Waals surface area contributed by atoms with E-state index in [9.17, 15) is 4.79 Å². The number of halogens is 2. The van der Waals surface area contributed by atoms with Gasteiger partial charge in [-0.15, -0.1) is 0 Å². The number of ether oxygens (including phenoxy) is 2. The Kier molecular flexibility index (Phi) is 4.88. The molecule has 23 heavy (non-hydrogen) atoms. The van der Waals surface area contributed by atoms with Gasteiger partial charge in [0.25, 0.3) is 5.91 Å². The van der Waals surface area contributed by atoms with E-state index >= 15 is 0 Å². The quantitative estimate of drug-likeness (QED) is 0.829. The number of carbonyl (C=O) groups is 1. The molecule has 0 unspecified atom stereocenters. The van der Waals surface area contributed by atoms with Crippen molar-refractivity contribution in [3.63, 3.8) is 0 Å². The number of carbonyl (C=O) groups excluding carboxylic acids is 1. The van der Waals surface area contributed by atoms with Crippen LogP contribution >= 0.6 is 23.2 Å². The van der Waals surface area contributed by atoms with Crippen molar-refractivity contribution in [3.05, 3.63) is 52.8 Å². The van der Waals surface area contributed by atoms with E-state index in [4.69, 9.17) is 32.7 Å². The van der Waals surface area contributed by atoms with E-state index in [-0.39, 0.29) is 18.6 Å². The second kappa shape index (κ2) is 7.06. The van der Waals surface area contributed by atoms with Crippen molar-refractivity contribution in [2.24, 2.45) is 0 Å². The van der Waals surface area contributed by atoms with E-state index in [1.54, 1.807) is 41.6 Å². The molecule has 1 aliphatic rings. The molecule has 1 fully saturated rings. The zero-order valence-corrected chi connectivity index (χ0v) is 13.6. The van der Waals surface area contributed by atoms with Gasteiger partial charge in [-0.1, -0.05) is 23.2 Å². The average Bonchev–Trinajstić information content (AvgIpc) is 2.50. The predicted octanol–water partition coefficient (Wildman–Crippen LogP) is 3.06. The Bertz CT molecular complexity index is 691. The SMILES string of the molecule is O=C(COc1ccc(Cl)cc1Cl)N1CC(Oc2cccnc2)C1. The van der Waals surface area contributed by atoms with Gasteiger partial charge >= 0.3 is 0 Å².